The highest BCUT2D eigenvalue weighted by Gasteiger charge is 2.09. The lowest BCUT2D eigenvalue weighted by molar-refractivity contribution is 0.475. The second-order valence-corrected chi connectivity index (χ2v) is 5.13. The molecule has 2 N–H and O–H groups in total. The van der Waals surface area contributed by atoms with Gasteiger partial charge in [-0.15, -0.1) is 0 Å². The van der Waals surface area contributed by atoms with Crippen LogP contribution in [0.3, 0.4) is 0 Å². The fourth-order valence-electron chi connectivity index (χ4n) is 2.51. The van der Waals surface area contributed by atoms with Crippen molar-refractivity contribution in [2.75, 3.05) is 0 Å². The quantitative estimate of drug-likeness (QED) is 0.558. The summed E-state index contributed by atoms with van der Waals surface area (Å²) in [6.07, 6.45) is 2.89. The average molecular weight is 304 g/mol. The maximum absolute atomic E-state index is 12.5. The summed E-state index contributed by atoms with van der Waals surface area (Å²) in [7, 11) is 0. The molecule has 6 heteroatoms. The standard InChI is InChI=1S/C17H12N4O2/c22-12-5-3-4-11(8-12)9-19-21-10-18-15-13-6-1-2-7-14(13)20-16(15)17(21)23/h1-10,20,22H/b19-9-. The Labute approximate surface area is 130 Å². The Morgan fingerprint density at radius 1 is 1.17 bits per heavy atom. The van der Waals surface area contributed by atoms with Crippen LogP contribution in [-0.4, -0.2) is 26.0 Å². The van der Waals surface area contributed by atoms with Crippen LogP contribution in [0.4, 0.5) is 0 Å². The second kappa shape index (κ2) is 5.10. The van der Waals surface area contributed by atoms with Gasteiger partial charge in [-0.05, 0) is 23.8 Å². The Bertz CT molecular complexity index is 1110. The van der Waals surface area contributed by atoms with Gasteiger partial charge in [-0.25, -0.2) is 4.98 Å². The molecule has 0 amide bonds. The Morgan fingerprint density at radius 3 is 2.91 bits per heavy atom. The van der Waals surface area contributed by atoms with Crippen molar-refractivity contribution in [3.63, 3.8) is 0 Å². The van der Waals surface area contributed by atoms with E-state index in [1.807, 2.05) is 24.3 Å². The minimum Gasteiger partial charge on any atom is -0.508 e. The normalized spacial score (nSPS) is 11.7. The number of aromatic amines is 1. The molecule has 2 aromatic heterocycles. The third-order valence-corrected chi connectivity index (χ3v) is 3.60. The number of rotatable bonds is 2. The lowest BCUT2D eigenvalue weighted by Gasteiger charge is -1.98. The first-order valence-corrected chi connectivity index (χ1v) is 7.04. The third-order valence-electron chi connectivity index (χ3n) is 3.60. The molecular weight excluding hydrogens is 292 g/mol. The van der Waals surface area contributed by atoms with E-state index in [-0.39, 0.29) is 11.3 Å². The van der Waals surface area contributed by atoms with Crippen molar-refractivity contribution < 1.29 is 5.11 Å². The molecule has 0 aliphatic carbocycles. The van der Waals surface area contributed by atoms with Gasteiger partial charge in [0.15, 0.2) is 0 Å². The highest BCUT2D eigenvalue weighted by Crippen LogP contribution is 2.20. The molecular formula is C17H12N4O2. The number of fused-ring (bicyclic) bond motifs is 3. The van der Waals surface area contributed by atoms with Gasteiger partial charge in [0.25, 0.3) is 5.56 Å². The summed E-state index contributed by atoms with van der Waals surface area (Å²) >= 11 is 0. The van der Waals surface area contributed by atoms with E-state index < -0.39 is 0 Å². The minimum absolute atomic E-state index is 0.144. The second-order valence-electron chi connectivity index (χ2n) is 5.13. The molecule has 112 valence electrons. The number of H-pyrrole nitrogens is 1. The summed E-state index contributed by atoms with van der Waals surface area (Å²) in [5.74, 6) is 0.144. The van der Waals surface area contributed by atoms with E-state index in [2.05, 4.69) is 15.1 Å². The lowest BCUT2D eigenvalue weighted by Crippen LogP contribution is -2.17. The number of aromatic hydroxyl groups is 1. The topological polar surface area (TPSA) is 83.3 Å². The number of benzene rings is 2. The van der Waals surface area contributed by atoms with Gasteiger partial charge in [0, 0.05) is 10.9 Å². The number of phenols is 1. The molecule has 2 heterocycles. The van der Waals surface area contributed by atoms with Crippen molar-refractivity contribution >= 4 is 28.2 Å². The highest BCUT2D eigenvalue weighted by molar-refractivity contribution is 6.04. The predicted octanol–water partition coefficient (Wildman–Crippen LogP) is 2.47. The summed E-state index contributed by atoms with van der Waals surface area (Å²) in [6.45, 7) is 0. The van der Waals surface area contributed by atoms with Crippen LogP contribution in [0.2, 0.25) is 0 Å². The molecule has 4 rings (SSSR count). The van der Waals surface area contributed by atoms with Gasteiger partial charge < -0.3 is 10.1 Å². The number of hydrogen-bond donors (Lipinski definition) is 2. The molecule has 0 unspecified atom stereocenters. The van der Waals surface area contributed by atoms with Gasteiger partial charge in [0.2, 0.25) is 0 Å². The van der Waals surface area contributed by atoms with Gasteiger partial charge in [-0.2, -0.15) is 9.78 Å². The number of nitrogens with zero attached hydrogens (tertiary/aromatic N) is 3. The van der Waals surface area contributed by atoms with E-state index >= 15 is 0 Å². The number of phenolic OH excluding ortho intramolecular Hbond substituents is 1. The largest absolute Gasteiger partial charge is 0.508 e. The number of aromatic nitrogens is 3. The molecule has 0 saturated carbocycles. The SMILES string of the molecule is O=c1c2[nH]c3ccccc3c2ncn1/N=C\c1cccc(O)c1. The van der Waals surface area contributed by atoms with Crippen molar-refractivity contribution in [2.24, 2.45) is 5.10 Å². The van der Waals surface area contributed by atoms with Crippen LogP contribution in [0.1, 0.15) is 5.56 Å². The maximum atomic E-state index is 12.5. The van der Waals surface area contributed by atoms with Crippen molar-refractivity contribution in [3.8, 4) is 5.75 Å². The van der Waals surface area contributed by atoms with Crippen LogP contribution in [0.5, 0.6) is 5.75 Å². The van der Waals surface area contributed by atoms with Crippen LogP contribution in [0, 0.1) is 0 Å². The third kappa shape index (κ3) is 2.26. The Kier molecular flexibility index (Phi) is 2.94. The number of para-hydroxylation sites is 1. The first-order chi connectivity index (χ1) is 11.2. The van der Waals surface area contributed by atoms with Gasteiger partial charge in [-0.3, -0.25) is 4.79 Å². The van der Waals surface area contributed by atoms with Crippen LogP contribution >= 0.6 is 0 Å². The first kappa shape index (κ1) is 13.3. The van der Waals surface area contributed by atoms with Gasteiger partial charge in [0.05, 0.1) is 6.21 Å². The molecule has 0 spiro atoms. The first-order valence-electron chi connectivity index (χ1n) is 7.04. The molecule has 0 atom stereocenters. The zero-order chi connectivity index (χ0) is 15.8. The smallest absolute Gasteiger partial charge is 0.298 e. The predicted molar refractivity (Wildman–Crippen MR) is 89.0 cm³/mol. The van der Waals surface area contributed by atoms with E-state index in [1.165, 1.54) is 17.2 Å². The van der Waals surface area contributed by atoms with E-state index in [4.69, 9.17) is 0 Å². The highest BCUT2D eigenvalue weighted by atomic mass is 16.3. The minimum atomic E-state index is -0.275. The molecule has 2 aromatic carbocycles. The van der Waals surface area contributed by atoms with Crippen LogP contribution < -0.4 is 5.56 Å². The molecule has 0 aliphatic heterocycles. The molecule has 0 fully saturated rings. The fraction of sp³-hybridized carbons (Fsp3) is 0. The van der Waals surface area contributed by atoms with Crippen LogP contribution in [0.25, 0.3) is 21.9 Å². The van der Waals surface area contributed by atoms with E-state index in [0.29, 0.717) is 16.6 Å². The molecule has 23 heavy (non-hydrogen) atoms. The summed E-state index contributed by atoms with van der Waals surface area (Å²) in [6, 6.07) is 14.2. The fourth-order valence-corrected chi connectivity index (χ4v) is 2.51. The van der Waals surface area contributed by atoms with Gasteiger partial charge >= 0.3 is 0 Å². The summed E-state index contributed by atoms with van der Waals surface area (Å²) in [5.41, 5.74) is 2.33. The summed E-state index contributed by atoms with van der Waals surface area (Å²) in [5, 5.41) is 14.5. The van der Waals surface area contributed by atoms with Gasteiger partial charge in [0.1, 0.15) is 23.1 Å². The summed E-state index contributed by atoms with van der Waals surface area (Å²) in [4.78, 5) is 19.9. The van der Waals surface area contributed by atoms with Crippen molar-refractivity contribution in [1.82, 2.24) is 14.6 Å². The maximum Gasteiger partial charge on any atom is 0.298 e. The Hall–Kier alpha value is -3.41. The zero-order valence-electron chi connectivity index (χ0n) is 12.0. The molecule has 0 radical (unpaired) electrons. The van der Waals surface area contributed by atoms with Crippen molar-refractivity contribution in [1.29, 1.82) is 0 Å². The Balaban J connectivity index is 1.83. The van der Waals surface area contributed by atoms with E-state index in [9.17, 15) is 9.90 Å². The van der Waals surface area contributed by atoms with Crippen LogP contribution in [0.15, 0.2) is 64.8 Å². The number of hydrogen-bond acceptors (Lipinski definition) is 4. The van der Waals surface area contributed by atoms with Gasteiger partial charge in [-0.1, -0.05) is 30.3 Å². The molecule has 4 aromatic rings. The van der Waals surface area contributed by atoms with Crippen LogP contribution in [-0.2, 0) is 0 Å². The van der Waals surface area contributed by atoms with Crippen molar-refractivity contribution in [3.05, 3.63) is 70.8 Å². The monoisotopic (exact) mass is 304 g/mol. The molecule has 6 nitrogen and oxygen atoms in total. The number of nitrogens with one attached hydrogen (secondary N) is 1. The van der Waals surface area contributed by atoms with E-state index in [0.717, 1.165) is 10.9 Å². The molecule has 0 bridgehead atoms. The molecule has 0 aliphatic rings. The lowest BCUT2D eigenvalue weighted by atomic mass is 10.2. The molecule has 0 saturated heterocycles. The average Bonchev–Trinajstić information content (AvgIpc) is 2.94. The summed E-state index contributed by atoms with van der Waals surface area (Å²) < 4.78 is 1.17. The van der Waals surface area contributed by atoms with E-state index in [1.54, 1.807) is 24.3 Å². The van der Waals surface area contributed by atoms with Crippen molar-refractivity contribution in [2.45, 2.75) is 0 Å². The zero-order valence-corrected chi connectivity index (χ0v) is 12.0. The Morgan fingerprint density at radius 2 is 2.04 bits per heavy atom.